The molecule has 23 heavy (non-hydrogen) atoms. The van der Waals surface area contributed by atoms with Crippen LogP contribution < -0.4 is 5.32 Å². The number of hydrogen-bond donors (Lipinski definition) is 2. The van der Waals surface area contributed by atoms with Crippen molar-refractivity contribution in [3.05, 3.63) is 35.9 Å². The molecule has 2 rings (SSSR count). The van der Waals surface area contributed by atoms with E-state index in [4.69, 9.17) is 4.74 Å². The number of carbonyl (C=O) groups is 2. The molecule has 5 heteroatoms. The molecule has 1 aromatic carbocycles. The van der Waals surface area contributed by atoms with E-state index in [1.165, 1.54) is 0 Å². The number of rotatable bonds is 4. The van der Waals surface area contributed by atoms with Gasteiger partial charge < -0.3 is 15.2 Å². The van der Waals surface area contributed by atoms with Crippen LogP contribution in [0, 0.1) is 11.3 Å². The quantitative estimate of drug-likeness (QED) is 0.889. The highest BCUT2D eigenvalue weighted by Crippen LogP contribution is 2.46. The molecular weight excluding hydrogens is 294 g/mol. The fourth-order valence-electron chi connectivity index (χ4n) is 3.58. The van der Waals surface area contributed by atoms with Crippen molar-refractivity contribution in [3.8, 4) is 0 Å². The van der Waals surface area contributed by atoms with Crippen LogP contribution in [0.1, 0.15) is 45.6 Å². The average molecular weight is 319 g/mol. The molecule has 1 fully saturated rings. The van der Waals surface area contributed by atoms with E-state index < -0.39 is 17.6 Å². The smallest absolute Gasteiger partial charge is 0.408 e. The maximum Gasteiger partial charge on any atom is 0.408 e. The Labute approximate surface area is 137 Å². The summed E-state index contributed by atoms with van der Waals surface area (Å²) < 4.78 is 5.21. The van der Waals surface area contributed by atoms with E-state index >= 15 is 0 Å². The molecular formula is C18H25NO4. The first kappa shape index (κ1) is 17.3. The molecule has 1 aliphatic carbocycles. The minimum Gasteiger partial charge on any atom is -0.479 e. The van der Waals surface area contributed by atoms with Gasteiger partial charge in [0.05, 0.1) is 0 Å². The number of aliphatic carboxylic acids is 1. The van der Waals surface area contributed by atoms with E-state index in [9.17, 15) is 14.7 Å². The maximum absolute atomic E-state index is 12.2. The number of amides is 1. The number of nitrogens with one attached hydrogen (secondary N) is 1. The molecule has 2 atom stereocenters. The third-order valence-corrected chi connectivity index (χ3v) is 4.62. The van der Waals surface area contributed by atoms with Crippen LogP contribution in [0.25, 0.3) is 0 Å². The summed E-state index contributed by atoms with van der Waals surface area (Å²) in [5, 5.41) is 12.4. The summed E-state index contributed by atoms with van der Waals surface area (Å²) >= 11 is 0. The highest BCUT2D eigenvalue weighted by Gasteiger charge is 2.54. The van der Waals surface area contributed by atoms with E-state index in [1.54, 1.807) is 0 Å². The predicted octanol–water partition coefficient (Wildman–Crippen LogP) is 3.58. The Morgan fingerprint density at radius 2 is 1.96 bits per heavy atom. The zero-order valence-corrected chi connectivity index (χ0v) is 14.0. The van der Waals surface area contributed by atoms with Gasteiger partial charge >= 0.3 is 12.1 Å². The van der Waals surface area contributed by atoms with Gasteiger partial charge in [0, 0.05) is 0 Å². The standard InChI is InChI=1S/C18H25NO4/c1-17(2,3)14-10-7-11-18(14,15(20)21)19-16(22)23-12-13-8-5-4-6-9-13/h4-6,8-9,14H,7,10-12H2,1-3H3,(H,19,22)(H,20,21). The number of alkyl carbamates (subject to hydrolysis) is 1. The van der Waals surface area contributed by atoms with Gasteiger partial charge in [-0.05, 0) is 29.7 Å². The van der Waals surface area contributed by atoms with E-state index in [0.717, 1.165) is 18.4 Å². The van der Waals surface area contributed by atoms with E-state index in [1.807, 2.05) is 51.1 Å². The lowest BCUT2D eigenvalue weighted by Gasteiger charge is -2.39. The highest BCUT2D eigenvalue weighted by atomic mass is 16.5. The van der Waals surface area contributed by atoms with Crippen LogP contribution in [0.4, 0.5) is 4.79 Å². The van der Waals surface area contributed by atoms with Crippen molar-refractivity contribution < 1.29 is 19.4 Å². The highest BCUT2D eigenvalue weighted by molar-refractivity contribution is 5.85. The summed E-state index contributed by atoms with van der Waals surface area (Å²) in [6.45, 7) is 6.16. The fourth-order valence-corrected chi connectivity index (χ4v) is 3.58. The second-order valence-corrected chi connectivity index (χ2v) is 7.27. The lowest BCUT2D eigenvalue weighted by atomic mass is 9.70. The molecule has 1 amide bonds. The van der Waals surface area contributed by atoms with Crippen LogP contribution in [-0.4, -0.2) is 22.7 Å². The van der Waals surface area contributed by atoms with Crippen molar-refractivity contribution in [3.63, 3.8) is 0 Å². The lowest BCUT2D eigenvalue weighted by molar-refractivity contribution is -0.148. The van der Waals surface area contributed by atoms with Crippen LogP contribution in [0.2, 0.25) is 0 Å². The van der Waals surface area contributed by atoms with Crippen LogP contribution in [0.3, 0.4) is 0 Å². The molecule has 0 aromatic heterocycles. The lowest BCUT2D eigenvalue weighted by Crippen LogP contribution is -2.59. The van der Waals surface area contributed by atoms with Crippen LogP contribution in [0.15, 0.2) is 30.3 Å². The second kappa shape index (κ2) is 6.60. The minimum absolute atomic E-state index is 0.128. The average Bonchev–Trinajstić information content (AvgIpc) is 2.91. The molecule has 0 aliphatic heterocycles. The normalized spacial score (nSPS) is 24.2. The van der Waals surface area contributed by atoms with Gasteiger partial charge in [-0.1, -0.05) is 57.5 Å². The van der Waals surface area contributed by atoms with Gasteiger partial charge in [0.15, 0.2) is 0 Å². The third-order valence-electron chi connectivity index (χ3n) is 4.62. The van der Waals surface area contributed by atoms with Gasteiger partial charge in [-0.3, -0.25) is 0 Å². The third kappa shape index (κ3) is 3.84. The van der Waals surface area contributed by atoms with Gasteiger partial charge in [0.25, 0.3) is 0 Å². The van der Waals surface area contributed by atoms with Gasteiger partial charge in [-0.15, -0.1) is 0 Å². The summed E-state index contributed by atoms with van der Waals surface area (Å²) in [6, 6.07) is 9.32. The van der Waals surface area contributed by atoms with Crippen LogP contribution in [0.5, 0.6) is 0 Å². The van der Waals surface area contributed by atoms with Crippen LogP contribution in [-0.2, 0) is 16.1 Å². The maximum atomic E-state index is 12.2. The number of ether oxygens (including phenoxy) is 1. The van der Waals surface area contributed by atoms with Gasteiger partial charge in [-0.2, -0.15) is 0 Å². The largest absolute Gasteiger partial charge is 0.479 e. The van der Waals surface area contributed by atoms with Crippen molar-refractivity contribution in [2.45, 2.75) is 52.2 Å². The Hall–Kier alpha value is -2.04. The number of carboxylic acid groups (broad SMARTS) is 1. The number of carboxylic acids is 1. The Kier molecular flexibility index (Phi) is 4.97. The Morgan fingerprint density at radius 3 is 2.52 bits per heavy atom. The van der Waals surface area contributed by atoms with Crippen molar-refractivity contribution >= 4 is 12.1 Å². The molecule has 1 aliphatic rings. The molecule has 2 N–H and O–H groups in total. The SMILES string of the molecule is CC(C)(C)C1CCCC1(NC(=O)OCc1ccccc1)C(=O)O. The van der Waals surface area contributed by atoms with E-state index in [2.05, 4.69) is 5.32 Å². The van der Waals surface area contributed by atoms with E-state index in [-0.39, 0.29) is 17.9 Å². The molecule has 0 heterocycles. The molecule has 2 unspecified atom stereocenters. The molecule has 0 radical (unpaired) electrons. The number of carbonyl (C=O) groups excluding carboxylic acids is 1. The van der Waals surface area contributed by atoms with Crippen molar-refractivity contribution in [1.29, 1.82) is 0 Å². The monoisotopic (exact) mass is 319 g/mol. The molecule has 0 bridgehead atoms. The predicted molar refractivity (Wildman–Crippen MR) is 86.9 cm³/mol. The second-order valence-electron chi connectivity index (χ2n) is 7.27. The molecule has 0 saturated heterocycles. The number of benzene rings is 1. The fraction of sp³-hybridized carbons (Fsp3) is 0.556. The van der Waals surface area contributed by atoms with Crippen LogP contribution >= 0.6 is 0 Å². The first-order chi connectivity index (χ1) is 10.8. The molecule has 0 spiro atoms. The molecule has 5 nitrogen and oxygen atoms in total. The number of hydrogen-bond acceptors (Lipinski definition) is 3. The zero-order chi connectivity index (χ0) is 17.1. The molecule has 126 valence electrons. The van der Waals surface area contributed by atoms with Gasteiger partial charge in [0.1, 0.15) is 12.1 Å². The molecule has 1 aromatic rings. The Bertz CT molecular complexity index is 564. The summed E-state index contributed by atoms with van der Waals surface area (Å²) in [4.78, 5) is 24.1. The minimum atomic E-state index is -1.24. The van der Waals surface area contributed by atoms with Gasteiger partial charge in [0.2, 0.25) is 0 Å². The Morgan fingerprint density at radius 1 is 1.30 bits per heavy atom. The topological polar surface area (TPSA) is 75.6 Å². The Balaban J connectivity index is 2.07. The first-order valence-electron chi connectivity index (χ1n) is 7.98. The summed E-state index contributed by atoms with van der Waals surface area (Å²) in [7, 11) is 0. The summed E-state index contributed by atoms with van der Waals surface area (Å²) in [5.74, 6) is -1.11. The summed E-state index contributed by atoms with van der Waals surface area (Å²) in [6.07, 6.45) is 1.33. The van der Waals surface area contributed by atoms with Gasteiger partial charge in [-0.25, -0.2) is 9.59 Å². The first-order valence-corrected chi connectivity index (χ1v) is 7.98. The molecule has 1 saturated carbocycles. The van der Waals surface area contributed by atoms with Crippen molar-refractivity contribution in [1.82, 2.24) is 5.32 Å². The van der Waals surface area contributed by atoms with E-state index in [0.29, 0.717) is 6.42 Å². The summed E-state index contributed by atoms with van der Waals surface area (Å²) in [5.41, 5.74) is -0.584. The van der Waals surface area contributed by atoms with Crippen molar-refractivity contribution in [2.24, 2.45) is 11.3 Å². The van der Waals surface area contributed by atoms with Crippen molar-refractivity contribution in [2.75, 3.05) is 0 Å². The zero-order valence-electron chi connectivity index (χ0n) is 14.0.